The lowest BCUT2D eigenvalue weighted by molar-refractivity contribution is -0.138. The highest BCUT2D eigenvalue weighted by Gasteiger charge is 2.42. The van der Waals surface area contributed by atoms with E-state index in [2.05, 4.69) is 34.8 Å². The second kappa shape index (κ2) is 9.98. The molecule has 0 aliphatic carbocycles. The van der Waals surface area contributed by atoms with Crippen LogP contribution >= 0.6 is 0 Å². The second-order valence-corrected chi connectivity index (χ2v) is 14.8. The maximum Gasteiger partial charge on any atom is 0.423 e. The molecule has 1 atom stereocenters. The van der Waals surface area contributed by atoms with Crippen molar-refractivity contribution in [1.29, 1.82) is 0 Å². The van der Waals surface area contributed by atoms with E-state index < -0.39 is 31.4 Å². The number of aromatic nitrogens is 2. The van der Waals surface area contributed by atoms with E-state index in [0.29, 0.717) is 17.7 Å². The predicted octanol–water partition coefficient (Wildman–Crippen LogP) is 5.34. The average Bonchev–Trinajstić information content (AvgIpc) is 3.09. The van der Waals surface area contributed by atoms with E-state index in [1.807, 2.05) is 24.3 Å². The normalized spacial score (nSPS) is 15.9. The van der Waals surface area contributed by atoms with Crippen LogP contribution in [0.5, 0.6) is 0 Å². The first-order chi connectivity index (χ1) is 15.5. The fourth-order valence-corrected chi connectivity index (χ4v) is 4.60. The largest absolute Gasteiger partial charge is 0.423 e. The van der Waals surface area contributed by atoms with Gasteiger partial charge in [0.25, 0.3) is 5.56 Å². The first-order valence-corrected chi connectivity index (χ1v) is 14.3. The second-order valence-electron chi connectivity index (χ2n) is 9.14. The Kier molecular flexibility index (Phi) is 7.50. The fourth-order valence-electron chi connectivity index (χ4n) is 3.84. The summed E-state index contributed by atoms with van der Waals surface area (Å²) in [4.78, 5) is 17.1. The Bertz CT molecular complexity index is 1090. The molecule has 0 amide bonds. The molecule has 0 saturated carbocycles. The molecule has 178 valence electrons. The zero-order valence-electron chi connectivity index (χ0n) is 18.8. The Labute approximate surface area is 190 Å². The Morgan fingerprint density at radius 3 is 2.70 bits per heavy atom. The minimum Gasteiger partial charge on any atom is -0.359 e. The predicted molar refractivity (Wildman–Crippen MR) is 122 cm³/mol. The van der Waals surface area contributed by atoms with Crippen LogP contribution in [0.15, 0.2) is 40.4 Å². The third kappa shape index (κ3) is 5.95. The zero-order chi connectivity index (χ0) is 24.2. The number of azide groups is 1. The zero-order valence-corrected chi connectivity index (χ0v) is 19.8. The highest BCUT2D eigenvalue weighted by atomic mass is 28.3. The number of alkyl halides is 3. The number of hydrogen-bond donors (Lipinski definition) is 0. The highest BCUT2D eigenvalue weighted by Crippen LogP contribution is 2.43. The highest BCUT2D eigenvalue weighted by molar-refractivity contribution is 6.76. The van der Waals surface area contributed by atoms with Gasteiger partial charge in [-0.2, -0.15) is 18.3 Å². The number of hydrogen-bond acceptors (Lipinski definition) is 5. The molecule has 12 heteroatoms. The molecule has 1 aliphatic heterocycles. The van der Waals surface area contributed by atoms with E-state index in [4.69, 9.17) is 10.3 Å². The first kappa shape index (κ1) is 24.8. The SMILES string of the molecule is C[Si](C)(C)CCOCn1ncc(N2Cc3ccccc3C2CCN=[N+]=[N-])c(C(F)(F)F)c1=O. The standard InChI is InChI=1S/C21H27F3N6O2Si/c1-33(2,3)11-10-32-14-30-20(31)19(21(22,23)24)18(12-27-30)29-13-15-6-4-5-7-16(15)17(29)8-9-26-28-25/h4-7,12,17H,8-11,13-14H2,1-3H3. The lowest BCUT2D eigenvalue weighted by Crippen LogP contribution is -2.36. The van der Waals surface area contributed by atoms with Crippen molar-refractivity contribution in [2.45, 2.75) is 57.6 Å². The number of benzene rings is 1. The maximum atomic E-state index is 14.1. The van der Waals surface area contributed by atoms with Crippen LogP contribution < -0.4 is 10.5 Å². The Morgan fingerprint density at radius 1 is 1.30 bits per heavy atom. The van der Waals surface area contributed by atoms with Crippen molar-refractivity contribution in [3.8, 4) is 0 Å². The summed E-state index contributed by atoms with van der Waals surface area (Å²) in [6, 6.07) is 7.64. The molecule has 3 rings (SSSR count). The molecule has 2 aromatic rings. The van der Waals surface area contributed by atoms with Crippen molar-refractivity contribution in [3.63, 3.8) is 0 Å². The molecule has 0 fully saturated rings. The van der Waals surface area contributed by atoms with E-state index in [-0.39, 0.29) is 25.5 Å². The molecule has 0 radical (unpaired) electrons. The number of ether oxygens (including phenoxy) is 1. The molecule has 33 heavy (non-hydrogen) atoms. The quantitative estimate of drug-likeness (QED) is 0.159. The van der Waals surface area contributed by atoms with Crippen LogP contribution in [-0.4, -0.2) is 31.0 Å². The fraction of sp³-hybridized carbons (Fsp3) is 0.524. The third-order valence-corrected chi connectivity index (χ3v) is 7.23. The van der Waals surface area contributed by atoms with Gasteiger partial charge in [0.1, 0.15) is 12.3 Å². The maximum absolute atomic E-state index is 14.1. The van der Waals surface area contributed by atoms with Crippen LogP contribution in [0.25, 0.3) is 10.4 Å². The molecular weight excluding hydrogens is 453 g/mol. The number of halogens is 3. The van der Waals surface area contributed by atoms with E-state index in [9.17, 15) is 18.0 Å². The Morgan fingerprint density at radius 2 is 2.03 bits per heavy atom. The van der Waals surface area contributed by atoms with E-state index >= 15 is 0 Å². The molecule has 0 spiro atoms. The number of anilines is 1. The Balaban J connectivity index is 1.95. The van der Waals surface area contributed by atoms with Gasteiger partial charge in [0.15, 0.2) is 0 Å². The van der Waals surface area contributed by atoms with Gasteiger partial charge in [0, 0.05) is 32.7 Å². The number of rotatable bonds is 9. The molecule has 2 heterocycles. The van der Waals surface area contributed by atoms with Crippen molar-refractivity contribution < 1.29 is 17.9 Å². The van der Waals surface area contributed by atoms with Gasteiger partial charge in [-0.15, -0.1) is 0 Å². The van der Waals surface area contributed by atoms with Crippen molar-refractivity contribution in [2.75, 3.05) is 18.1 Å². The smallest absolute Gasteiger partial charge is 0.359 e. The molecule has 8 nitrogen and oxygen atoms in total. The van der Waals surface area contributed by atoms with Gasteiger partial charge < -0.3 is 9.64 Å². The summed E-state index contributed by atoms with van der Waals surface area (Å²) in [6.45, 7) is 6.79. The summed E-state index contributed by atoms with van der Waals surface area (Å²) in [5.74, 6) is 0. The molecule has 0 N–H and O–H groups in total. The first-order valence-electron chi connectivity index (χ1n) is 10.6. The minimum atomic E-state index is -4.88. The number of fused-ring (bicyclic) bond motifs is 1. The summed E-state index contributed by atoms with van der Waals surface area (Å²) in [5, 5.41) is 7.53. The monoisotopic (exact) mass is 480 g/mol. The minimum absolute atomic E-state index is 0.114. The molecule has 0 saturated heterocycles. The van der Waals surface area contributed by atoms with Crippen LogP contribution in [-0.2, 0) is 24.2 Å². The van der Waals surface area contributed by atoms with Crippen LogP contribution in [0.1, 0.15) is 29.2 Å². The van der Waals surface area contributed by atoms with Gasteiger partial charge in [-0.05, 0) is 29.1 Å². The van der Waals surface area contributed by atoms with Crippen molar-refractivity contribution in [1.82, 2.24) is 9.78 Å². The summed E-state index contributed by atoms with van der Waals surface area (Å²) in [5.41, 5.74) is 7.51. The van der Waals surface area contributed by atoms with E-state index in [0.717, 1.165) is 23.4 Å². The van der Waals surface area contributed by atoms with Gasteiger partial charge in [-0.3, -0.25) is 4.79 Å². The topological polar surface area (TPSA) is 96.1 Å². The van der Waals surface area contributed by atoms with Crippen molar-refractivity contribution in [2.24, 2.45) is 5.11 Å². The van der Waals surface area contributed by atoms with E-state index in [1.54, 1.807) is 0 Å². The van der Waals surface area contributed by atoms with Gasteiger partial charge in [-0.25, -0.2) is 4.68 Å². The van der Waals surface area contributed by atoms with Gasteiger partial charge in [0.05, 0.1) is 17.9 Å². The van der Waals surface area contributed by atoms with Gasteiger partial charge in [-0.1, -0.05) is 49.0 Å². The molecule has 1 aromatic heterocycles. The van der Waals surface area contributed by atoms with Crippen molar-refractivity contribution in [3.05, 3.63) is 67.9 Å². The van der Waals surface area contributed by atoms with E-state index in [1.165, 1.54) is 4.90 Å². The molecular formula is C21H27F3N6O2Si. The van der Waals surface area contributed by atoms with Crippen molar-refractivity contribution >= 4 is 13.8 Å². The Hall–Kier alpha value is -2.82. The van der Waals surface area contributed by atoms with Crippen LogP contribution in [0, 0.1) is 0 Å². The summed E-state index contributed by atoms with van der Waals surface area (Å²) in [6.07, 6.45) is -3.49. The summed E-state index contributed by atoms with van der Waals surface area (Å²) >= 11 is 0. The molecule has 0 bridgehead atoms. The summed E-state index contributed by atoms with van der Waals surface area (Å²) < 4.78 is 48.4. The van der Waals surface area contributed by atoms with Crippen LogP contribution in [0.3, 0.4) is 0 Å². The van der Waals surface area contributed by atoms with Gasteiger partial charge in [0.2, 0.25) is 0 Å². The average molecular weight is 481 g/mol. The lowest BCUT2D eigenvalue weighted by Gasteiger charge is -2.29. The lowest BCUT2D eigenvalue weighted by atomic mass is 10.0. The van der Waals surface area contributed by atoms with Crippen LogP contribution in [0.4, 0.5) is 18.9 Å². The van der Waals surface area contributed by atoms with Gasteiger partial charge >= 0.3 is 6.18 Å². The molecule has 1 unspecified atom stereocenters. The number of nitrogens with zero attached hydrogens (tertiary/aromatic N) is 6. The molecule has 1 aromatic carbocycles. The van der Waals surface area contributed by atoms with Crippen LogP contribution in [0.2, 0.25) is 25.7 Å². The summed E-state index contributed by atoms with van der Waals surface area (Å²) in [7, 11) is -1.38. The third-order valence-electron chi connectivity index (χ3n) is 5.52. The molecule has 1 aliphatic rings.